The second-order valence-corrected chi connectivity index (χ2v) is 9.76. The lowest BCUT2D eigenvalue weighted by molar-refractivity contribution is -0.384. The molecular formula is C25H28F3N5O3. The van der Waals surface area contributed by atoms with Crippen molar-refractivity contribution >= 4 is 23.0 Å². The van der Waals surface area contributed by atoms with Crippen molar-refractivity contribution in [1.82, 2.24) is 9.80 Å². The molecule has 2 fully saturated rings. The van der Waals surface area contributed by atoms with Gasteiger partial charge in [-0.15, -0.1) is 0 Å². The van der Waals surface area contributed by atoms with Crippen LogP contribution in [0.1, 0.15) is 11.1 Å². The Balaban J connectivity index is 1.33. The standard InChI is InChI=1S/C25H28F3N5O3/c1-29-7-12-32-22-6-5-20(33(35)36)13-17(22)14-21(23(32)16-29)24(34)31-10-8-30(9-11-31)19-4-2-3-18(15-19)25(26,27)28/h2-6,13,15,21,23H,7-12,14,16H2,1H3/t21-,23+/m0/s1. The molecule has 0 radical (unpaired) electrons. The molecule has 0 unspecified atom stereocenters. The highest BCUT2D eigenvalue weighted by Crippen LogP contribution is 2.38. The number of nitro groups is 1. The van der Waals surface area contributed by atoms with Crippen molar-refractivity contribution < 1.29 is 22.9 Å². The first-order valence-electron chi connectivity index (χ1n) is 12.1. The average molecular weight is 504 g/mol. The molecule has 2 aromatic rings. The van der Waals surface area contributed by atoms with Crippen LogP contribution in [0.4, 0.5) is 30.2 Å². The minimum atomic E-state index is -4.40. The molecule has 192 valence electrons. The van der Waals surface area contributed by atoms with E-state index >= 15 is 0 Å². The zero-order valence-corrected chi connectivity index (χ0v) is 19.9. The maximum atomic E-state index is 13.8. The second kappa shape index (κ2) is 9.27. The van der Waals surface area contributed by atoms with Crippen LogP contribution >= 0.6 is 0 Å². The molecule has 0 spiro atoms. The van der Waals surface area contributed by atoms with Crippen LogP contribution in [0, 0.1) is 16.0 Å². The smallest absolute Gasteiger partial charge is 0.368 e. The van der Waals surface area contributed by atoms with Gasteiger partial charge in [-0.3, -0.25) is 14.9 Å². The fourth-order valence-electron chi connectivity index (χ4n) is 5.65. The zero-order chi connectivity index (χ0) is 25.6. The Morgan fingerprint density at radius 2 is 1.78 bits per heavy atom. The van der Waals surface area contributed by atoms with Gasteiger partial charge in [0.15, 0.2) is 0 Å². The predicted molar refractivity (Wildman–Crippen MR) is 129 cm³/mol. The summed E-state index contributed by atoms with van der Waals surface area (Å²) in [5, 5.41) is 11.3. The Morgan fingerprint density at radius 1 is 1.03 bits per heavy atom. The molecule has 0 saturated carbocycles. The van der Waals surface area contributed by atoms with Gasteiger partial charge in [0.1, 0.15) is 0 Å². The molecule has 2 atom stereocenters. The first-order chi connectivity index (χ1) is 17.1. The van der Waals surface area contributed by atoms with Crippen LogP contribution in [0.25, 0.3) is 0 Å². The number of anilines is 2. The number of hydrogen-bond donors (Lipinski definition) is 0. The van der Waals surface area contributed by atoms with Crippen molar-refractivity contribution in [1.29, 1.82) is 0 Å². The van der Waals surface area contributed by atoms with Crippen LogP contribution in [0.2, 0.25) is 0 Å². The molecule has 2 aromatic carbocycles. The number of nitrogens with zero attached hydrogens (tertiary/aromatic N) is 5. The van der Waals surface area contributed by atoms with Gasteiger partial charge in [0.25, 0.3) is 5.69 Å². The van der Waals surface area contributed by atoms with Gasteiger partial charge in [0.2, 0.25) is 5.91 Å². The van der Waals surface area contributed by atoms with Crippen molar-refractivity contribution in [2.75, 3.05) is 62.7 Å². The van der Waals surface area contributed by atoms with E-state index in [9.17, 15) is 28.1 Å². The summed E-state index contributed by atoms with van der Waals surface area (Å²) in [6, 6.07) is 10.1. The van der Waals surface area contributed by atoms with Gasteiger partial charge in [-0.25, -0.2) is 0 Å². The zero-order valence-electron chi connectivity index (χ0n) is 19.9. The summed E-state index contributed by atoms with van der Waals surface area (Å²) in [5.74, 6) is -0.344. The lowest BCUT2D eigenvalue weighted by atomic mass is 9.82. The first-order valence-corrected chi connectivity index (χ1v) is 12.1. The Bertz CT molecular complexity index is 1170. The van der Waals surface area contributed by atoms with Crippen molar-refractivity contribution in [3.63, 3.8) is 0 Å². The van der Waals surface area contributed by atoms with Gasteiger partial charge in [0.05, 0.1) is 22.4 Å². The molecule has 3 aliphatic rings. The van der Waals surface area contributed by atoms with E-state index < -0.39 is 16.7 Å². The number of rotatable bonds is 3. The van der Waals surface area contributed by atoms with Crippen molar-refractivity contribution in [2.45, 2.75) is 18.6 Å². The van der Waals surface area contributed by atoms with E-state index in [2.05, 4.69) is 9.80 Å². The van der Waals surface area contributed by atoms with Gasteiger partial charge < -0.3 is 19.6 Å². The van der Waals surface area contributed by atoms with Crippen LogP contribution in [0.5, 0.6) is 0 Å². The van der Waals surface area contributed by atoms with Gasteiger partial charge in [-0.05, 0) is 43.3 Å². The Labute approximate surface area is 207 Å². The number of non-ortho nitro benzene ring substituents is 1. The van der Waals surface area contributed by atoms with Crippen molar-refractivity contribution in [3.05, 3.63) is 63.7 Å². The predicted octanol–water partition coefficient (Wildman–Crippen LogP) is 3.26. The highest BCUT2D eigenvalue weighted by atomic mass is 19.4. The van der Waals surface area contributed by atoms with Crippen molar-refractivity contribution in [3.8, 4) is 0 Å². The molecule has 3 aliphatic heterocycles. The molecular weight excluding hydrogens is 475 g/mol. The topological polar surface area (TPSA) is 73.2 Å². The van der Waals surface area contributed by atoms with E-state index in [1.807, 2.05) is 11.9 Å². The average Bonchev–Trinajstić information content (AvgIpc) is 2.87. The molecule has 5 rings (SSSR count). The van der Waals surface area contributed by atoms with Crippen LogP contribution < -0.4 is 9.80 Å². The number of likely N-dealkylation sites (N-methyl/N-ethyl adjacent to an activating group) is 1. The third kappa shape index (κ3) is 4.59. The number of benzene rings is 2. The minimum Gasteiger partial charge on any atom is -0.368 e. The molecule has 8 nitrogen and oxygen atoms in total. The van der Waals surface area contributed by atoms with Gasteiger partial charge >= 0.3 is 6.18 Å². The SMILES string of the molecule is CN1CCN2c3ccc([N+](=O)[O-])cc3C[C@H](C(=O)N3CCN(c4cccc(C(F)(F)F)c4)CC3)[C@H]2C1. The summed E-state index contributed by atoms with van der Waals surface area (Å²) in [7, 11) is 2.03. The number of carbonyl (C=O) groups excluding carboxylic acids is 1. The van der Waals surface area contributed by atoms with Gasteiger partial charge in [0, 0.05) is 69.3 Å². The van der Waals surface area contributed by atoms with Crippen LogP contribution in [-0.4, -0.2) is 79.5 Å². The summed E-state index contributed by atoms with van der Waals surface area (Å²) in [4.78, 5) is 32.8. The van der Waals surface area contributed by atoms with Crippen molar-refractivity contribution in [2.24, 2.45) is 5.92 Å². The second-order valence-electron chi connectivity index (χ2n) is 9.76. The number of amides is 1. The Hall–Kier alpha value is -3.34. The largest absolute Gasteiger partial charge is 0.416 e. The lowest BCUT2D eigenvalue weighted by Gasteiger charge is -2.49. The number of alkyl halides is 3. The fraction of sp³-hybridized carbons (Fsp3) is 0.480. The monoisotopic (exact) mass is 503 g/mol. The number of halogens is 3. The van der Waals surface area contributed by atoms with Gasteiger partial charge in [-0.2, -0.15) is 13.2 Å². The van der Waals surface area contributed by atoms with Gasteiger partial charge in [-0.1, -0.05) is 6.07 Å². The molecule has 0 N–H and O–H groups in total. The number of nitro benzene ring substituents is 1. The number of fused-ring (bicyclic) bond motifs is 3. The number of hydrogen-bond acceptors (Lipinski definition) is 6. The Kier molecular flexibility index (Phi) is 6.27. The molecule has 1 amide bonds. The molecule has 3 heterocycles. The van der Waals surface area contributed by atoms with E-state index in [0.29, 0.717) is 38.3 Å². The maximum absolute atomic E-state index is 13.8. The van der Waals surface area contributed by atoms with E-state index in [1.165, 1.54) is 12.1 Å². The highest BCUT2D eigenvalue weighted by Gasteiger charge is 2.43. The molecule has 36 heavy (non-hydrogen) atoms. The first kappa shape index (κ1) is 24.4. The summed E-state index contributed by atoms with van der Waals surface area (Å²) < 4.78 is 39.4. The molecule has 0 bridgehead atoms. The van der Waals surface area contributed by atoms with Crippen LogP contribution in [-0.2, 0) is 17.4 Å². The summed E-state index contributed by atoms with van der Waals surface area (Å²) in [5.41, 5.74) is 1.59. The molecule has 2 saturated heterocycles. The third-order valence-corrected chi connectivity index (χ3v) is 7.56. The van der Waals surface area contributed by atoms with Crippen LogP contribution in [0.3, 0.4) is 0 Å². The minimum absolute atomic E-state index is 0.00106. The lowest BCUT2D eigenvalue weighted by Crippen LogP contribution is -2.61. The summed E-state index contributed by atoms with van der Waals surface area (Å²) >= 11 is 0. The number of piperazine rings is 2. The summed E-state index contributed by atoms with van der Waals surface area (Å²) in [6.45, 7) is 4.00. The molecule has 0 aromatic heterocycles. The highest BCUT2D eigenvalue weighted by molar-refractivity contribution is 5.83. The Morgan fingerprint density at radius 3 is 2.47 bits per heavy atom. The molecule has 11 heteroatoms. The quantitative estimate of drug-likeness (QED) is 0.473. The normalized spacial score (nSPS) is 22.7. The van der Waals surface area contributed by atoms with E-state index in [0.717, 1.165) is 43.0 Å². The van der Waals surface area contributed by atoms with E-state index in [1.54, 1.807) is 23.1 Å². The fourth-order valence-corrected chi connectivity index (χ4v) is 5.65. The van der Waals surface area contributed by atoms with Crippen LogP contribution in [0.15, 0.2) is 42.5 Å². The summed E-state index contributed by atoms with van der Waals surface area (Å²) in [6.07, 6.45) is -3.97. The third-order valence-electron chi connectivity index (χ3n) is 7.56. The molecule has 0 aliphatic carbocycles. The van der Waals surface area contributed by atoms with E-state index in [4.69, 9.17) is 0 Å². The van der Waals surface area contributed by atoms with E-state index in [-0.39, 0.29) is 23.6 Å². The number of carbonyl (C=O) groups is 1. The maximum Gasteiger partial charge on any atom is 0.416 e.